The summed E-state index contributed by atoms with van der Waals surface area (Å²) in [6, 6.07) is 0. The molecule has 0 atom stereocenters. The van der Waals surface area contributed by atoms with Crippen molar-refractivity contribution in [1.29, 1.82) is 0 Å². The lowest BCUT2D eigenvalue weighted by molar-refractivity contribution is -0.108. The highest BCUT2D eigenvalue weighted by molar-refractivity contribution is 6.68. The van der Waals surface area contributed by atoms with Crippen molar-refractivity contribution in [2.75, 3.05) is 0 Å². The predicted molar refractivity (Wildman–Crippen MR) is 45.5 cm³/mol. The van der Waals surface area contributed by atoms with E-state index in [1.54, 1.807) is 30.9 Å². The lowest BCUT2D eigenvalue weighted by Crippen LogP contribution is -1.87. The van der Waals surface area contributed by atoms with E-state index in [9.17, 15) is 4.79 Å². The van der Waals surface area contributed by atoms with Crippen LogP contribution in [0.25, 0.3) is 6.08 Å². The monoisotopic (exact) mass is 185 g/mol. The fourth-order valence-corrected chi connectivity index (χ4v) is 0.764. The molecule has 64 valence electrons. The van der Waals surface area contributed by atoms with Gasteiger partial charge in [-0.2, -0.15) is 0 Å². The number of nitrogens with zero attached hydrogens (tertiary/aromatic N) is 3. The van der Waals surface area contributed by atoms with E-state index in [4.69, 9.17) is 11.6 Å². The van der Waals surface area contributed by atoms with E-state index in [1.807, 2.05) is 0 Å². The fourth-order valence-electron chi connectivity index (χ4n) is 0.710. The molecule has 0 aliphatic heterocycles. The topological polar surface area (TPSA) is 47.8 Å². The highest BCUT2D eigenvalue weighted by Crippen LogP contribution is 2.04. The normalized spacial score (nSPS) is 11.8. The van der Waals surface area contributed by atoms with Crippen LogP contribution in [0.4, 0.5) is 0 Å². The lowest BCUT2D eigenvalue weighted by atomic mass is 10.3. The van der Waals surface area contributed by atoms with Gasteiger partial charge < -0.3 is 0 Å². The number of carbonyl (C=O) groups excluding carboxylic acids is 1. The molecule has 0 aromatic carbocycles. The Bertz CT molecular complexity index is 329. The summed E-state index contributed by atoms with van der Waals surface area (Å²) in [7, 11) is 1.75. The van der Waals surface area contributed by atoms with Crippen LogP contribution in [0.15, 0.2) is 11.8 Å². The maximum atomic E-state index is 10.6. The second-order valence-corrected chi connectivity index (χ2v) is 2.76. The van der Waals surface area contributed by atoms with E-state index in [0.29, 0.717) is 11.3 Å². The van der Waals surface area contributed by atoms with Gasteiger partial charge in [-0.05, 0) is 24.6 Å². The molecular formula is C7H8ClN3O. The minimum Gasteiger partial charge on any atom is -0.276 e. The van der Waals surface area contributed by atoms with E-state index in [1.165, 1.54) is 0 Å². The van der Waals surface area contributed by atoms with Crippen LogP contribution in [0.2, 0.25) is 0 Å². The quantitative estimate of drug-likeness (QED) is 0.510. The summed E-state index contributed by atoms with van der Waals surface area (Å²) < 4.78 is 1.55. The number of rotatable bonds is 2. The number of allylic oxidation sites excluding steroid dienone is 1. The van der Waals surface area contributed by atoms with Gasteiger partial charge in [0.2, 0.25) is 5.24 Å². The number of aryl methyl sites for hydroxylation is 1. The molecule has 0 fully saturated rings. The Labute approximate surface area is 74.8 Å². The van der Waals surface area contributed by atoms with E-state index in [-0.39, 0.29) is 0 Å². The summed E-state index contributed by atoms with van der Waals surface area (Å²) in [4.78, 5) is 10.6. The number of halogens is 1. The van der Waals surface area contributed by atoms with Gasteiger partial charge in [-0.1, -0.05) is 5.21 Å². The number of aromatic nitrogens is 3. The zero-order chi connectivity index (χ0) is 9.14. The molecule has 12 heavy (non-hydrogen) atoms. The standard InChI is InChI=1S/C7H8ClN3O/c1-5(7(8)12)3-6-4-11(2)10-9-6/h3-4H,1-2H3. The smallest absolute Gasteiger partial charge is 0.248 e. The number of hydrogen-bond donors (Lipinski definition) is 0. The molecule has 1 aromatic heterocycles. The largest absolute Gasteiger partial charge is 0.276 e. The van der Waals surface area contributed by atoms with E-state index >= 15 is 0 Å². The number of carbonyl (C=O) groups is 1. The maximum Gasteiger partial charge on any atom is 0.248 e. The zero-order valence-corrected chi connectivity index (χ0v) is 7.54. The van der Waals surface area contributed by atoms with Crippen molar-refractivity contribution in [2.24, 2.45) is 7.05 Å². The van der Waals surface area contributed by atoms with Crippen LogP contribution >= 0.6 is 11.6 Å². The first-order valence-corrected chi connectivity index (χ1v) is 3.72. The van der Waals surface area contributed by atoms with Crippen molar-refractivity contribution in [1.82, 2.24) is 15.0 Å². The Morgan fingerprint density at radius 3 is 2.83 bits per heavy atom. The van der Waals surface area contributed by atoms with Gasteiger partial charge >= 0.3 is 0 Å². The van der Waals surface area contributed by atoms with E-state index in [2.05, 4.69) is 10.3 Å². The molecule has 0 N–H and O–H groups in total. The van der Waals surface area contributed by atoms with Crippen molar-refractivity contribution in [3.63, 3.8) is 0 Å². The first kappa shape index (κ1) is 8.93. The van der Waals surface area contributed by atoms with Crippen LogP contribution in [0.3, 0.4) is 0 Å². The van der Waals surface area contributed by atoms with Crippen LogP contribution in [0.5, 0.6) is 0 Å². The Hall–Kier alpha value is -1.16. The zero-order valence-electron chi connectivity index (χ0n) is 6.78. The third-order valence-electron chi connectivity index (χ3n) is 1.29. The first-order valence-electron chi connectivity index (χ1n) is 3.34. The summed E-state index contributed by atoms with van der Waals surface area (Å²) in [5, 5.41) is 6.99. The Kier molecular flexibility index (Phi) is 2.60. The van der Waals surface area contributed by atoms with Crippen molar-refractivity contribution >= 4 is 22.9 Å². The summed E-state index contributed by atoms with van der Waals surface area (Å²) in [6.07, 6.45) is 3.28. The van der Waals surface area contributed by atoms with Crippen LogP contribution in [-0.2, 0) is 11.8 Å². The van der Waals surface area contributed by atoms with E-state index in [0.717, 1.165) is 0 Å². The molecular weight excluding hydrogens is 178 g/mol. The maximum absolute atomic E-state index is 10.6. The Balaban J connectivity index is 2.87. The molecule has 0 bridgehead atoms. The van der Waals surface area contributed by atoms with Crippen molar-refractivity contribution in [2.45, 2.75) is 6.92 Å². The summed E-state index contributed by atoms with van der Waals surface area (Å²) in [5.41, 5.74) is 1.08. The summed E-state index contributed by atoms with van der Waals surface area (Å²) in [5.74, 6) is 0. The van der Waals surface area contributed by atoms with Crippen molar-refractivity contribution in [3.05, 3.63) is 17.5 Å². The molecule has 0 unspecified atom stereocenters. The number of hydrogen-bond acceptors (Lipinski definition) is 3. The van der Waals surface area contributed by atoms with Crippen LogP contribution in [0, 0.1) is 0 Å². The minimum absolute atomic E-state index is 0.456. The minimum atomic E-state index is -0.472. The third-order valence-corrected chi connectivity index (χ3v) is 1.59. The van der Waals surface area contributed by atoms with Gasteiger partial charge in [0.15, 0.2) is 0 Å². The molecule has 4 nitrogen and oxygen atoms in total. The Morgan fingerprint density at radius 1 is 1.75 bits per heavy atom. The van der Waals surface area contributed by atoms with Crippen LogP contribution < -0.4 is 0 Å². The lowest BCUT2D eigenvalue weighted by Gasteiger charge is -1.87. The van der Waals surface area contributed by atoms with Crippen molar-refractivity contribution in [3.8, 4) is 0 Å². The summed E-state index contributed by atoms with van der Waals surface area (Å²) in [6.45, 7) is 1.63. The SMILES string of the molecule is CC(=Cc1cn(C)nn1)C(=O)Cl. The molecule has 0 aliphatic rings. The van der Waals surface area contributed by atoms with Gasteiger partial charge in [0.05, 0.1) is 6.20 Å². The first-order chi connectivity index (χ1) is 5.59. The molecule has 0 radical (unpaired) electrons. The highest BCUT2D eigenvalue weighted by atomic mass is 35.5. The average molecular weight is 186 g/mol. The molecule has 0 spiro atoms. The Morgan fingerprint density at radius 2 is 2.42 bits per heavy atom. The fraction of sp³-hybridized carbons (Fsp3) is 0.286. The van der Waals surface area contributed by atoms with E-state index < -0.39 is 5.24 Å². The van der Waals surface area contributed by atoms with Gasteiger partial charge in [0.1, 0.15) is 5.69 Å². The van der Waals surface area contributed by atoms with Crippen LogP contribution in [0.1, 0.15) is 12.6 Å². The molecule has 0 amide bonds. The van der Waals surface area contributed by atoms with Gasteiger partial charge in [0.25, 0.3) is 0 Å². The van der Waals surface area contributed by atoms with Crippen molar-refractivity contribution < 1.29 is 4.79 Å². The van der Waals surface area contributed by atoms with Crippen LogP contribution in [-0.4, -0.2) is 20.2 Å². The average Bonchev–Trinajstić information content (AvgIpc) is 2.35. The molecule has 5 heteroatoms. The molecule has 1 rings (SSSR count). The highest BCUT2D eigenvalue weighted by Gasteiger charge is 2.00. The van der Waals surface area contributed by atoms with Gasteiger partial charge in [-0.25, -0.2) is 0 Å². The van der Waals surface area contributed by atoms with Gasteiger partial charge in [-0.3, -0.25) is 9.48 Å². The molecule has 0 aliphatic carbocycles. The molecule has 0 saturated heterocycles. The second kappa shape index (κ2) is 3.49. The molecule has 1 heterocycles. The van der Waals surface area contributed by atoms with Gasteiger partial charge in [0, 0.05) is 12.6 Å². The summed E-state index contributed by atoms with van der Waals surface area (Å²) >= 11 is 5.22. The predicted octanol–water partition coefficient (Wildman–Crippen LogP) is 0.984. The second-order valence-electron chi connectivity index (χ2n) is 2.42. The molecule has 1 aromatic rings. The van der Waals surface area contributed by atoms with Gasteiger partial charge in [-0.15, -0.1) is 5.10 Å². The third kappa shape index (κ3) is 2.17. The molecule has 0 saturated carbocycles.